The first kappa shape index (κ1) is 23.1. The highest BCUT2D eigenvalue weighted by Gasteiger charge is 2.24. The molecule has 1 aliphatic rings. The van der Waals surface area contributed by atoms with E-state index < -0.39 is 0 Å². The largest absolute Gasteiger partial charge is 0.467 e. The summed E-state index contributed by atoms with van der Waals surface area (Å²) < 4.78 is 10.9. The van der Waals surface area contributed by atoms with Crippen LogP contribution in [0.25, 0.3) is 0 Å². The van der Waals surface area contributed by atoms with Gasteiger partial charge in [0.1, 0.15) is 12.4 Å². The van der Waals surface area contributed by atoms with Crippen LogP contribution in [0.5, 0.6) is 0 Å². The van der Waals surface area contributed by atoms with E-state index in [1.165, 1.54) is 11.3 Å². The molecule has 0 bridgehead atoms. The van der Waals surface area contributed by atoms with Crippen molar-refractivity contribution in [2.24, 2.45) is 10.9 Å². The predicted octanol–water partition coefficient (Wildman–Crippen LogP) is 4.49. The highest BCUT2D eigenvalue weighted by atomic mass is 127. The van der Waals surface area contributed by atoms with Crippen LogP contribution in [0, 0.1) is 5.92 Å². The van der Waals surface area contributed by atoms with Crippen molar-refractivity contribution in [2.75, 3.05) is 39.0 Å². The number of thioether (sulfide) groups is 1. The zero-order chi connectivity index (χ0) is 18.7. The van der Waals surface area contributed by atoms with E-state index in [9.17, 15) is 0 Å². The Kier molecular flexibility index (Phi) is 10.8. The van der Waals surface area contributed by atoms with Gasteiger partial charge in [0.15, 0.2) is 5.96 Å². The highest BCUT2D eigenvalue weighted by Crippen LogP contribution is 2.25. The van der Waals surface area contributed by atoms with Gasteiger partial charge >= 0.3 is 0 Å². The summed E-state index contributed by atoms with van der Waals surface area (Å²) in [6.07, 6.45) is 3.85. The molecular formula is C21H30IN3O2S. The van der Waals surface area contributed by atoms with Gasteiger partial charge in [0.25, 0.3) is 0 Å². The van der Waals surface area contributed by atoms with Crippen LogP contribution in [-0.2, 0) is 11.3 Å². The van der Waals surface area contributed by atoms with E-state index in [0.29, 0.717) is 19.1 Å². The standard InChI is InChI=1S/C21H29N3O2S.HI/c1-22-21(23-11-6-13-25-16-19-7-5-14-26-19)24-12-10-18(15-24)17-27-20-8-3-2-4-9-20;/h2-5,7-9,14,18H,6,10-13,15-17H2,1H3,(H,22,23);1H. The number of halogens is 1. The lowest BCUT2D eigenvalue weighted by atomic mass is 10.2. The molecule has 1 fully saturated rings. The number of aliphatic imine (C=N–C) groups is 1. The third-order valence-electron chi connectivity index (χ3n) is 4.60. The summed E-state index contributed by atoms with van der Waals surface area (Å²) in [7, 11) is 1.86. The summed E-state index contributed by atoms with van der Waals surface area (Å²) in [5.74, 6) is 3.76. The van der Waals surface area contributed by atoms with E-state index in [2.05, 4.69) is 45.5 Å². The average Bonchev–Trinajstić information content (AvgIpc) is 3.39. The smallest absolute Gasteiger partial charge is 0.193 e. The molecule has 0 aliphatic carbocycles. The van der Waals surface area contributed by atoms with Crippen LogP contribution in [0.3, 0.4) is 0 Å². The Bertz CT molecular complexity index is 682. The second-order valence-electron chi connectivity index (χ2n) is 6.68. The Hall–Kier alpha value is -1.19. The van der Waals surface area contributed by atoms with Gasteiger partial charge in [-0.05, 0) is 43.0 Å². The maximum absolute atomic E-state index is 5.62. The van der Waals surface area contributed by atoms with Crippen molar-refractivity contribution in [3.05, 3.63) is 54.5 Å². The topological polar surface area (TPSA) is 50.0 Å². The Labute approximate surface area is 189 Å². The summed E-state index contributed by atoms with van der Waals surface area (Å²) >= 11 is 1.95. The Morgan fingerprint density at radius 3 is 2.89 bits per heavy atom. The first-order chi connectivity index (χ1) is 13.3. The molecule has 2 heterocycles. The lowest BCUT2D eigenvalue weighted by molar-refractivity contribution is 0.104. The zero-order valence-electron chi connectivity index (χ0n) is 16.4. The van der Waals surface area contributed by atoms with Gasteiger partial charge in [-0.15, -0.1) is 35.7 Å². The number of nitrogens with one attached hydrogen (secondary N) is 1. The number of nitrogens with zero attached hydrogens (tertiary/aromatic N) is 2. The van der Waals surface area contributed by atoms with Crippen molar-refractivity contribution in [1.29, 1.82) is 0 Å². The van der Waals surface area contributed by atoms with Crippen molar-refractivity contribution >= 4 is 41.7 Å². The molecule has 0 amide bonds. The lowest BCUT2D eigenvalue weighted by Gasteiger charge is -2.21. The Balaban J connectivity index is 0.00000280. The fourth-order valence-corrected chi connectivity index (χ4v) is 4.22. The molecule has 5 nitrogen and oxygen atoms in total. The molecule has 1 aliphatic heterocycles. The number of furan rings is 1. The highest BCUT2D eigenvalue weighted by molar-refractivity contribution is 14.0. The molecule has 154 valence electrons. The molecule has 1 saturated heterocycles. The molecule has 0 spiro atoms. The minimum absolute atomic E-state index is 0. The quantitative estimate of drug-likeness (QED) is 0.175. The minimum atomic E-state index is 0. The Morgan fingerprint density at radius 1 is 1.29 bits per heavy atom. The van der Waals surface area contributed by atoms with Crippen LogP contribution in [-0.4, -0.2) is 49.9 Å². The van der Waals surface area contributed by atoms with Gasteiger partial charge in [0.05, 0.1) is 6.26 Å². The van der Waals surface area contributed by atoms with Gasteiger partial charge in [-0.3, -0.25) is 4.99 Å². The molecular weight excluding hydrogens is 485 g/mol. The fraction of sp³-hybridized carbons (Fsp3) is 0.476. The maximum Gasteiger partial charge on any atom is 0.193 e. The number of guanidine groups is 1. The summed E-state index contributed by atoms with van der Waals surface area (Å²) in [5, 5.41) is 3.47. The van der Waals surface area contributed by atoms with Crippen LogP contribution in [0.1, 0.15) is 18.6 Å². The van der Waals surface area contributed by atoms with Crippen LogP contribution < -0.4 is 5.32 Å². The van der Waals surface area contributed by atoms with Crippen molar-refractivity contribution in [1.82, 2.24) is 10.2 Å². The van der Waals surface area contributed by atoms with E-state index >= 15 is 0 Å². The third-order valence-corrected chi connectivity index (χ3v) is 5.84. The number of hydrogen-bond acceptors (Lipinski definition) is 4. The average molecular weight is 515 g/mol. The van der Waals surface area contributed by atoms with Crippen LogP contribution in [0.2, 0.25) is 0 Å². The van der Waals surface area contributed by atoms with E-state index in [-0.39, 0.29) is 24.0 Å². The lowest BCUT2D eigenvalue weighted by Crippen LogP contribution is -2.40. The molecule has 28 heavy (non-hydrogen) atoms. The van der Waals surface area contributed by atoms with Gasteiger partial charge < -0.3 is 19.4 Å². The molecule has 3 rings (SSSR count). The van der Waals surface area contributed by atoms with E-state index in [1.54, 1.807) is 6.26 Å². The van der Waals surface area contributed by atoms with Gasteiger partial charge in [0.2, 0.25) is 0 Å². The normalized spacial score (nSPS) is 16.8. The number of benzene rings is 1. The first-order valence-corrected chi connectivity index (χ1v) is 10.6. The van der Waals surface area contributed by atoms with Gasteiger partial charge in [-0.2, -0.15) is 0 Å². The van der Waals surface area contributed by atoms with Crippen molar-refractivity contribution < 1.29 is 9.15 Å². The minimum Gasteiger partial charge on any atom is -0.467 e. The Morgan fingerprint density at radius 2 is 2.14 bits per heavy atom. The van der Waals surface area contributed by atoms with Crippen molar-refractivity contribution in [3.8, 4) is 0 Å². The number of hydrogen-bond donors (Lipinski definition) is 1. The number of likely N-dealkylation sites (tertiary alicyclic amines) is 1. The molecule has 2 aromatic rings. The molecule has 1 atom stereocenters. The van der Waals surface area contributed by atoms with Crippen LogP contribution in [0.4, 0.5) is 0 Å². The van der Waals surface area contributed by atoms with Gasteiger partial charge in [0, 0.05) is 43.9 Å². The molecule has 0 saturated carbocycles. The van der Waals surface area contributed by atoms with Crippen LogP contribution in [0.15, 0.2) is 63.0 Å². The molecule has 1 aromatic carbocycles. The summed E-state index contributed by atoms with van der Waals surface area (Å²) in [4.78, 5) is 8.18. The van der Waals surface area contributed by atoms with E-state index in [4.69, 9.17) is 9.15 Å². The first-order valence-electron chi connectivity index (χ1n) is 9.58. The zero-order valence-corrected chi connectivity index (χ0v) is 19.5. The van der Waals surface area contributed by atoms with Gasteiger partial charge in [-0.1, -0.05) is 18.2 Å². The summed E-state index contributed by atoms with van der Waals surface area (Å²) in [6.45, 7) is 4.27. The van der Waals surface area contributed by atoms with Gasteiger partial charge in [-0.25, -0.2) is 0 Å². The number of ether oxygens (including phenoxy) is 1. The third kappa shape index (κ3) is 7.67. The van der Waals surface area contributed by atoms with E-state index in [1.807, 2.05) is 30.9 Å². The number of rotatable bonds is 9. The maximum atomic E-state index is 5.62. The second kappa shape index (κ2) is 13.1. The van der Waals surface area contributed by atoms with Crippen molar-refractivity contribution in [2.45, 2.75) is 24.3 Å². The monoisotopic (exact) mass is 515 g/mol. The van der Waals surface area contributed by atoms with Crippen LogP contribution >= 0.6 is 35.7 Å². The summed E-state index contributed by atoms with van der Waals surface area (Å²) in [5.41, 5.74) is 0. The SMILES string of the molecule is CN=C(NCCCOCc1ccco1)N1CCC(CSc2ccccc2)C1.I. The molecule has 0 radical (unpaired) electrons. The van der Waals surface area contributed by atoms with E-state index in [0.717, 1.165) is 43.5 Å². The molecule has 1 aromatic heterocycles. The second-order valence-corrected chi connectivity index (χ2v) is 7.78. The molecule has 1 unspecified atom stereocenters. The predicted molar refractivity (Wildman–Crippen MR) is 127 cm³/mol. The molecule has 7 heteroatoms. The van der Waals surface area contributed by atoms with Crippen molar-refractivity contribution in [3.63, 3.8) is 0 Å². The molecule has 1 N–H and O–H groups in total. The summed E-state index contributed by atoms with van der Waals surface area (Å²) in [6, 6.07) is 14.5. The fourth-order valence-electron chi connectivity index (χ4n) is 3.17.